The normalized spacial score (nSPS) is 10.6. The topological polar surface area (TPSA) is 38.2 Å². The molecule has 0 N–H and O–H groups in total. The van der Waals surface area contributed by atoms with E-state index in [-0.39, 0.29) is 0 Å². The Morgan fingerprint density at radius 3 is 2.86 bits per heavy atom. The van der Waals surface area contributed by atoms with Crippen molar-refractivity contribution in [3.05, 3.63) is 18.1 Å². The third-order valence-electron chi connectivity index (χ3n) is 1.59. The molecular formula is C9H14ClN3O. The summed E-state index contributed by atoms with van der Waals surface area (Å²) in [5, 5.41) is 0. The van der Waals surface area contributed by atoms with Gasteiger partial charge in [-0.1, -0.05) is 0 Å². The van der Waals surface area contributed by atoms with Gasteiger partial charge in [0.15, 0.2) is 0 Å². The van der Waals surface area contributed by atoms with Crippen molar-refractivity contribution in [3.63, 3.8) is 0 Å². The summed E-state index contributed by atoms with van der Waals surface area (Å²) in [6.45, 7) is 1.46. The van der Waals surface area contributed by atoms with Crippen LogP contribution < -0.4 is 4.74 Å². The van der Waals surface area contributed by atoms with E-state index in [4.69, 9.17) is 16.3 Å². The summed E-state index contributed by atoms with van der Waals surface area (Å²) in [5.74, 6) is 0.891. The van der Waals surface area contributed by atoms with E-state index in [2.05, 4.69) is 9.97 Å². The van der Waals surface area contributed by atoms with Gasteiger partial charge in [0.05, 0.1) is 17.8 Å². The van der Waals surface area contributed by atoms with Crippen molar-refractivity contribution in [1.82, 2.24) is 14.9 Å². The number of halogens is 1. The highest BCUT2D eigenvalue weighted by molar-refractivity contribution is 6.16. The monoisotopic (exact) mass is 215 g/mol. The summed E-state index contributed by atoms with van der Waals surface area (Å²) < 4.78 is 5.39. The van der Waals surface area contributed by atoms with Crippen molar-refractivity contribution >= 4 is 11.6 Å². The minimum Gasteiger partial charge on any atom is -0.475 e. The Kier molecular flexibility index (Phi) is 4.62. The first-order valence-electron chi connectivity index (χ1n) is 4.37. The Labute approximate surface area is 88.9 Å². The lowest BCUT2D eigenvalue weighted by Crippen LogP contribution is -2.19. The van der Waals surface area contributed by atoms with Gasteiger partial charge in [-0.2, -0.15) is 0 Å². The van der Waals surface area contributed by atoms with Crippen LogP contribution in [0.25, 0.3) is 0 Å². The average molecular weight is 216 g/mol. The maximum absolute atomic E-state index is 5.62. The standard InChI is InChI=1S/C9H14ClN3O/c1-13(2)3-4-14-9-7-11-6-8(5-10)12-9/h6-7H,3-5H2,1-2H3. The molecule has 0 amide bonds. The highest BCUT2D eigenvalue weighted by Gasteiger charge is 1.98. The average Bonchev–Trinajstić information content (AvgIpc) is 2.18. The van der Waals surface area contributed by atoms with Crippen molar-refractivity contribution in [2.75, 3.05) is 27.2 Å². The Morgan fingerprint density at radius 1 is 1.43 bits per heavy atom. The van der Waals surface area contributed by atoms with Gasteiger partial charge in [-0.3, -0.25) is 4.98 Å². The van der Waals surface area contributed by atoms with Gasteiger partial charge in [0, 0.05) is 12.7 Å². The van der Waals surface area contributed by atoms with E-state index in [1.54, 1.807) is 12.4 Å². The quantitative estimate of drug-likeness (QED) is 0.691. The van der Waals surface area contributed by atoms with E-state index in [0.717, 1.165) is 12.2 Å². The van der Waals surface area contributed by atoms with Crippen LogP contribution >= 0.6 is 11.6 Å². The molecule has 0 aliphatic rings. The molecule has 4 nitrogen and oxygen atoms in total. The minimum absolute atomic E-state index is 0.359. The summed E-state index contributed by atoms with van der Waals surface area (Å²) in [5.41, 5.74) is 0.731. The lowest BCUT2D eigenvalue weighted by Gasteiger charge is -2.10. The van der Waals surface area contributed by atoms with Crippen LogP contribution in [-0.2, 0) is 5.88 Å². The maximum atomic E-state index is 5.62. The fourth-order valence-electron chi connectivity index (χ4n) is 0.853. The molecule has 0 saturated heterocycles. The van der Waals surface area contributed by atoms with Gasteiger partial charge in [0.1, 0.15) is 6.61 Å². The van der Waals surface area contributed by atoms with Crippen molar-refractivity contribution < 1.29 is 4.74 Å². The van der Waals surface area contributed by atoms with E-state index in [9.17, 15) is 0 Å². The third-order valence-corrected chi connectivity index (χ3v) is 1.86. The van der Waals surface area contributed by atoms with Crippen LogP contribution in [0.3, 0.4) is 0 Å². The third kappa shape index (κ3) is 3.89. The number of likely N-dealkylation sites (N-methyl/N-ethyl adjacent to an activating group) is 1. The van der Waals surface area contributed by atoms with Crippen molar-refractivity contribution in [1.29, 1.82) is 0 Å². The van der Waals surface area contributed by atoms with Gasteiger partial charge in [-0.15, -0.1) is 11.6 Å². The van der Waals surface area contributed by atoms with Gasteiger partial charge in [-0.05, 0) is 14.1 Å². The first-order chi connectivity index (χ1) is 6.72. The van der Waals surface area contributed by atoms with E-state index >= 15 is 0 Å². The molecule has 14 heavy (non-hydrogen) atoms. The number of hydrogen-bond acceptors (Lipinski definition) is 4. The number of aromatic nitrogens is 2. The zero-order valence-corrected chi connectivity index (χ0v) is 9.16. The van der Waals surface area contributed by atoms with Crippen molar-refractivity contribution in [2.45, 2.75) is 5.88 Å². The highest BCUT2D eigenvalue weighted by Crippen LogP contribution is 2.06. The molecule has 1 rings (SSSR count). The van der Waals surface area contributed by atoms with Crippen LogP contribution in [-0.4, -0.2) is 42.1 Å². The molecule has 78 valence electrons. The molecule has 0 spiro atoms. The Hall–Kier alpha value is -0.870. The number of hydrogen-bond donors (Lipinski definition) is 0. The van der Waals surface area contributed by atoms with Gasteiger partial charge >= 0.3 is 0 Å². The van der Waals surface area contributed by atoms with Crippen LogP contribution in [0.15, 0.2) is 12.4 Å². The van der Waals surface area contributed by atoms with E-state index < -0.39 is 0 Å². The molecule has 0 aromatic carbocycles. The second-order valence-corrected chi connectivity index (χ2v) is 3.40. The van der Waals surface area contributed by atoms with Crippen LogP contribution in [0, 0.1) is 0 Å². The van der Waals surface area contributed by atoms with Crippen LogP contribution in [0.5, 0.6) is 5.88 Å². The summed E-state index contributed by atoms with van der Waals surface area (Å²) in [6.07, 6.45) is 3.22. The lowest BCUT2D eigenvalue weighted by atomic mass is 10.5. The highest BCUT2D eigenvalue weighted by atomic mass is 35.5. The number of alkyl halides is 1. The van der Waals surface area contributed by atoms with Gasteiger partial charge < -0.3 is 9.64 Å². The molecule has 0 saturated carbocycles. The first kappa shape index (κ1) is 11.2. The number of nitrogens with zero attached hydrogens (tertiary/aromatic N) is 3. The summed E-state index contributed by atoms with van der Waals surface area (Å²) in [6, 6.07) is 0. The number of ether oxygens (including phenoxy) is 1. The second-order valence-electron chi connectivity index (χ2n) is 3.13. The predicted molar refractivity (Wildman–Crippen MR) is 55.6 cm³/mol. The lowest BCUT2D eigenvalue weighted by molar-refractivity contribution is 0.252. The van der Waals surface area contributed by atoms with E-state index in [1.165, 1.54) is 0 Å². The zero-order chi connectivity index (χ0) is 10.4. The molecule has 1 aromatic heterocycles. The molecular weight excluding hydrogens is 202 g/mol. The van der Waals surface area contributed by atoms with Gasteiger partial charge in [0.2, 0.25) is 5.88 Å². The Morgan fingerprint density at radius 2 is 2.21 bits per heavy atom. The Balaban J connectivity index is 2.42. The zero-order valence-electron chi connectivity index (χ0n) is 8.40. The molecule has 1 heterocycles. The van der Waals surface area contributed by atoms with Gasteiger partial charge in [-0.25, -0.2) is 4.98 Å². The molecule has 0 aliphatic heterocycles. The maximum Gasteiger partial charge on any atom is 0.232 e. The minimum atomic E-state index is 0.359. The van der Waals surface area contributed by atoms with Crippen LogP contribution in [0.1, 0.15) is 5.69 Å². The molecule has 0 unspecified atom stereocenters. The number of rotatable bonds is 5. The second kappa shape index (κ2) is 5.78. The smallest absolute Gasteiger partial charge is 0.232 e. The van der Waals surface area contributed by atoms with Gasteiger partial charge in [0.25, 0.3) is 0 Å². The van der Waals surface area contributed by atoms with Crippen molar-refractivity contribution in [3.8, 4) is 5.88 Å². The predicted octanol–water partition coefficient (Wildman–Crippen LogP) is 1.16. The Bertz CT molecular complexity index is 281. The molecule has 1 aromatic rings. The summed E-state index contributed by atoms with van der Waals surface area (Å²) in [4.78, 5) is 10.2. The van der Waals surface area contributed by atoms with E-state index in [1.807, 2.05) is 19.0 Å². The molecule has 0 aliphatic carbocycles. The SMILES string of the molecule is CN(C)CCOc1cncc(CCl)n1. The summed E-state index contributed by atoms with van der Waals surface area (Å²) in [7, 11) is 3.98. The van der Waals surface area contributed by atoms with E-state index in [0.29, 0.717) is 18.4 Å². The molecule has 0 bridgehead atoms. The first-order valence-corrected chi connectivity index (χ1v) is 4.90. The van der Waals surface area contributed by atoms with Crippen LogP contribution in [0.4, 0.5) is 0 Å². The molecule has 0 radical (unpaired) electrons. The molecule has 5 heteroatoms. The molecule has 0 atom stereocenters. The van der Waals surface area contributed by atoms with Crippen molar-refractivity contribution in [2.24, 2.45) is 0 Å². The largest absolute Gasteiger partial charge is 0.475 e. The summed E-state index contributed by atoms with van der Waals surface area (Å²) >= 11 is 5.62. The fourth-order valence-corrected chi connectivity index (χ4v) is 0.982. The molecule has 0 fully saturated rings. The fraction of sp³-hybridized carbons (Fsp3) is 0.556. The van der Waals surface area contributed by atoms with Crippen LogP contribution in [0.2, 0.25) is 0 Å².